The van der Waals surface area contributed by atoms with E-state index in [1.54, 1.807) is 12.1 Å². The maximum absolute atomic E-state index is 11.9. The second-order valence-electron chi connectivity index (χ2n) is 5.15. The summed E-state index contributed by atoms with van der Waals surface area (Å²) in [7, 11) is 0. The Hall–Kier alpha value is -1.78. The SMILES string of the molecule is CCC(CCO)NC(=O)/C=C/C1=Cc2cc(Cl)ccc2OC1. The molecule has 4 nitrogen and oxygen atoms in total. The van der Waals surface area contributed by atoms with Crippen LogP contribution < -0.4 is 10.1 Å². The summed E-state index contributed by atoms with van der Waals surface area (Å²) in [6.07, 6.45) is 6.54. The molecule has 0 radical (unpaired) electrons. The molecule has 0 aromatic heterocycles. The van der Waals surface area contributed by atoms with Gasteiger partial charge in [-0.15, -0.1) is 0 Å². The third kappa shape index (κ3) is 4.61. The summed E-state index contributed by atoms with van der Waals surface area (Å²) in [5.41, 5.74) is 1.81. The van der Waals surface area contributed by atoms with Crippen molar-refractivity contribution in [2.45, 2.75) is 25.8 Å². The highest BCUT2D eigenvalue weighted by Crippen LogP contribution is 2.29. The monoisotopic (exact) mass is 321 g/mol. The summed E-state index contributed by atoms with van der Waals surface area (Å²) >= 11 is 5.97. The Kier molecular flexibility index (Phi) is 6.04. The maximum Gasteiger partial charge on any atom is 0.244 e. The highest BCUT2D eigenvalue weighted by Gasteiger charge is 2.11. The van der Waals surface area contributed by atoms with Crippen molar-refractivity contribution >= 4 is 23.6 Å². The minimum atomic E-state index is -0.168. The Morgan fingerprint density at radius 2 is 2.36 bits per heavy atom. The molecule has 1 amide bonds. The standard InChI is InChI=1S/C17H20ClNO3/c1-2-15(7-8-20)19-17(21)6-3-12-9-13-10-14(18)4-5-16(13)22-11-12/h3-6,9-10,15,20H,2,7-8,11H2,1H3,(H,19,21)/b6-3+. The van der Waals surface area contributed by atoms with Crippen LogP contribution in [0.2, 0.25) is 5.02 Å². The first-order chi connectivity index (χ1) is 10.6. The lowest BCUT2D eigenvalue weighted by atomic mass is 10.1. The summed E-state index contributed by atoms with van der Waals surface area (Å²) < 4.78 is 5.62. The van der Waals surface area contributed by atoms with E-state index >= 15 is 0 Å². The molecule has 0 spiro atoms. The largest absolute Gasteiger partial charge is 0.488 e. The van der Waals surface area contributed by atoms with Gasteiger partial charge in [0.15, 0.2) is 0 Å². The number of amides is 1. The molecule has 1 aliphatic rings. The number of benzene rings is 1. The Morgan fingerprint density at radius 1 is 1.55 bits per heavy atom. The van der Waals surface area contributed by atoms with Gasteiger partial charge in [-0.2, -0.15) is 0 Å². The van der Waals surface area contributed by atoms with Crippen LogP contribution in [0.25, 0.3) is 6.08 Å². The number of aliphatic hydroxyl groups is 1. The summed E-state index contributed by atoms with van der Waals surface area (Å²) in [6.45, 7) is 2.47. The number of hydrogen-bond donors (Lipinski definition) is 2. The first-order valence-corrected chi connectivity index (χ1v) is 7.72. The van der Waals surface area contributed by atoms with Crippen LogP contribution in [0.1, 0.15) is 25.3 Å². The van der Waals surface area contributed by atoms with Crippen LogP contribution in [0.5, 0.6) is 5.75 Å². The molecule has 2 N–H and O–H groups in total. The highest BCUT2D eigenvalue weighted by molar-refractivity contribution is 6.30. The van der Waals surface area contributed by atoms with E-state index in [0.29, 0.717) is 18.1 Å². The number of halogens is 1. The summed E-state index contributed by atoms with van der Waals surface area (Å²) in [6, 6.07) is 5.45. The normalized spacial score (nSPS) is 15.0. The smallest absolute Gasteiger partial charge is 0.244 e. The molecule has 0 bridgehead atoms. The quantitative estimate of drug-likeness (QED) is 0.792. The van der Waals surface area contributed by atoms with Crippen LogP contribution in [0.4, 0.5) is 0 Å². The molecule has 1 unspecified atom stereocenters. The summed E-state index contributed by atoms with van der Waals surface area (Å²) in [5, 5.41) is 12.4. The van der Waals surface area contributed by atoms with Crippen LogP contribution in [0.3, 0.4) is 0 Å². The van der Waals surface area contributed by atoms with Gasteiger partial charge in [0.1, 0.15) is 12.4 Å². The molecule has 2 rings (SSSR count). The molecule has 1 aromatic carbocycles. The molecule has 0 aliphatic carbocycles. The van der Waals surface area contributed by atoms with Gasteiger partial charge in [0.05, 0.1) is 0 Å². The van der Waals surface area contributed by atoms with Gasteiger partial charge in [0.2, 0.25) is 5.91 Å². The molecule has 1 atom stereocenters. The van der Waals surface area contributed by atoms with Gasteiger partial charge >= 0.3 is 0 Å². The molecule has 0 fully saturated rings. The van der Waals surface area contributed by atoms with Crippen molar-refractivity contribution < 1.29 is 14.6 Å². The Bertz CT molecular complexity index is 596. The van der Waals surface area contributed by atoms with E-state index < -0.39 is 0 Å². The average molecular weight is 322 g/mol. The lowest BCUT2D eigenvalue weighted by Gasteiger charge is -2.16. The Balaban J connectivity index is 2.00. The zero-order valence-corrected chi connectivity index (χ0v) is 13.3. The number of fused-ring (bicyclic) bond motifs is 1. The first-order valence-electron chi connectivity index (χ1n) is 7.34. The third-order valence-corrected chi connectivity index (χ3v) is 3.71. The molecule has 22 heavy (non-hydrogen) atoms. The van der Waals surface area contributed by atoms with E-state index in [2.05, 4.69) is 5.32 Å². The van der Waals surface area contributed by atoms with Crippen molar-refractivity contribution in [3.05, 3.63) is 46.5 Å². The van der Waals surface area contributed by atoms with Gasteiger partial charge in [-0.3, -0.25) is 4.79 Å². The fourth-order valence-corrected chi connectivity index (χ4v) is 2.41. The van der Waals surface area contributed by atoms with Gasteiger partial charge in [0, 0.05) is 29.3 Å². The number of aliphatic hydroxyl groups excluding tert-OH is 1. The van der Waals surface area contributed by atoms with E-state index in [0.717, 1.165) is 23.3 Å². The van der Waals surface area contributed by atoms with E-state index in [9.17, 15) is 4.79 Å². The molecule has 118 valence electrons. The predicted octanol–water partition coefficient (Wildman–Crippen LogP) is 2.95. The lowest BCUT2D eigenvalue weighted by Crippen LogP contribution is -2.33. The molecule has 5 heteroatoms. The van der Waals surface area contributed by atoms with Crippen molar-refractivity contribution in [1.29, 1.82) is 0 Å². The highest BCUT2D eigenvalue weighted by atomic mass is 35.5. The fraction of sp³-hybridized carbons (Fsp3) is 0.353. The van der Waals surface area contributed by atoms with Crippen molar-refractivity contribution in [1.82, 2.24) is 5.32 Å². The molecule has 0 saturated carbocycles. The van der Waals surface area contributed by atoms with E-state index in [1.165, 1.54) is 6.08 Å². The minimum Gasteiger partial charge on any atom is -0.488 e. The minimum absolute atomic E-state index is 0.00160. The maximum atomic E-state index is 11.9. The number of rotatable bonds is 6. The molecular weight excluding hydrogens is 302 g/mol. The van der Waals surface area contributed by atoms with Gasteiger partial charge in [0.25, 0.3) is 0 Å². The predicted molar refractivity (Wildman–Crippen MR) is 88.0 cm³/mol. The average Bonchev–Trinajstić information content (AvgIpc) is 2.52. The van der Waals surface area contributed by atoms with Gasteiger partial charge in [-0.05, 0) is 42.7 Å². The van der Waals surface area contributed by atoms with Crippen molar-refractivity contribution in [2.24, 2.45) is 0 Å². The van der Waals surface area contributed by atoms with Crippen molar-refractivity contribution in [2.75, 3.05) is 13.2 Å². The van der Waals surface area contributed by atoms with Gasteiger partial charge < -0.3 is 15.2 Å². The van der Waals surface area contributed by atoms with E-state index in [-0.39, 0.29) is 18.6 Å². The fourth-order valence-electron chi connectivity index (χ4n) is 2.23. The van der Waals surface area contributed by atoms with Crippen LogP contribution in [0, 0.1) is 0 Å². The zero-order valence-electron chi connectivity index (χ0n) is 12.5. The molecule has 0 saturated heterocycles. The van der Waals surface area contributed by atoms with Crippen LogP contribution >= 0.6 is 11.6 Å². The van der Waals surface area contributed by atoms with Crippen molar-refractivity contribution in [3.8, 4) is 5.75 Å². The Labute approximate surface area is 135 Å². The number of nitrogens with one attached hydrogen (secondary N) is 1. The first kappa shape index (κ1) is 16.6. The summed E-state index contributed by atoms with van der Waals surface area (Å²) in [5.74, 6) is 0.623. The second kappa shape index (κ2) is 8.01. The van der Waals surface area contributed by atoms with Gasteiger partial charge in [-0.1, -0.05) is 24.6 Å². The Morgan fingerprint density at radius 3 is 3.09 bits per heavy atom. The number of hydrogen-bond acceptors (Lipinski definition) is 3. The second-order valence-corrected chi connectivity index (χ2v) is 5.59. The van der Waals surface area contributed by atoms with Gasteiger partial charge in [-0.25, -0.2) is 0 Å². The van der Waals surface area contributed by atoms with E-state index in [4.69, 9.17) is 21.4 Å². The zero-order chi connectivity index (χ0) is 15.9. The molecule has 1 aromatic rings. The number of ether oxygens (including phenoxy) is 1. The molecule has 1 heterocycles. The van der Waals surface area contributed by atoms with E-state index in [1.807, 2.05) is 25.1 Å². The number of carbonyl (C=O) groups is 1. The van der Waals surface area contributed by atoms with Crippen LogP contribution in [0.15, 0.2) is 35.9 Å². The topological polar surface area (TPSA) is 58.6 Å². The molecule has 1 aliphatic heterocycles. The summed E-state index contributed by atoms with van der Waals surface area (Å²) in [4.78, 5) is 11.9. The van der Waals surface area contributed by atoms with Crippen molar-refractivity contribution in [3.63, 3.8) is 0 Å². The lowest BCUT2D eigenvalue weighted by molar-refractivity contribution is -0.117. The third-order valence-electron chi connectivity index (χ3n) is 3.47. The van der Waals surface area contributed by atoms with Crippen LogP contribution in [-0.2, 0) is 4.79 Å². The van der Waals surface area contributed by atoms with Crippen LogP contribution in [-0.4, -0.2) is 30.3 Å². The number of carbonyl (C=O) groups excluding carboxylic acids is 1. The molecular formula is C17H20ClNO3.